The van der Waals surface area contributed by atoms with E-state index in [1.807, 2.05) is 17.4 Å². The fraction of sp³-hybridized carbons (Fsp3) is 0.478. The molecule has 3 aromatic rings. The molecule has 0 spiro atoms. The molecule has 4 rings (SSSR count). The Morgan fingerprint density at radius 3 is 2.62 bits per heavy atom. The molecule has 2 N–H and O–H groups in total. The Hall–Kier alpha value is -2.45. The van der Waals surface area contributed by atoms with Gasteiger partial charge in [-0.25, -0.2) is 9.78 Å². The molecule has 1 aliphatic rings. The molecule has 0 saturated heterocycles. The van der Waals surface area contributed by atoms with Crippen LogP contribution in [-0.2, 0) is 4.74 Å². The number of phenols is 1. The highest BCUT2D eigenvalue weighted by molar-refractivity contribution is 7.19. The van der Waals surface area contributed by atoms with Crippen molar-refractivity contribution in [1.82, 2.24) is 9.38 Å². The van der Waals surface area contributed by atoms with E-state index in [0.717, 1.165) is 40.6 Å². The van der Waals surface area contributed by atoms with Gasteiger partial charge in [-0.2, -0.15) is 0 Å². The third-order valence-electron chi connectivity index (χ3n) is 5.81. The lowest BCUT2D eigenvalue weighted by Gasteiger charge is -2.19. The number of thiazole rings is 1. The van der Waals surface area contributed by atoms with E-state index >= 15 is 0 Å². The van der Waals surface area contributed by atoms with Crippen LogP contribution >= 0.6 is 23.7 Å². The number of carbonyl (C=O) groups is 1. The summed E-state index contributed by atoms with van der Waals surface area (Å²) in [7, 11) is 1.53. The van der Waals surface area contributed by atoms with Crippen molar-refractivity contribution in [1.29, 1.82) is 0 Å². The predicted molar refractivity (Wildman–Crippen MR) is 130 cm³/mol. The molecule has 0 bridgehead atoms. The number of benzene rings is 1. The van der Waals surface area contributed by atoms with Gasteiger partial charge < -0.3 is 19.9 Å². The van der Waals surface area contributed by atoms with E-state index in [9.17, 15) is 9.90 Å². The summed E-state index contributed by atoms with van der Waals surface area (Å²) >= 11 is 1.33. The molecule has 0 atom stereocenters. The number of carbonyl (C=O) groups excluding carboxylic acids is 1. The number of halogens is 1. The van der Waals surface area contributed by atoms with Crippen LogP contribution in [-0.4, -0.2) is 40.2 Å². The molecular formula is C23H30ClN3O4S. The number of ether oxygens (including phenoxy) is 2. The molecular weight excluding hydrogens is 450 g/mol. The van der Waals surface area contributed by atoms with Gasteiger partial charge in [-0.1, -0.05) is 37.0 Å². The Kier molecular flexibility index (Phi) is 7.90. The second-order valence-electron chi connectivity index (χ2n) is 7.88. The molecule has 0 unspecified atom stereocenters. The van der Waals surface area contributed by atoms with Gasteiger partial charge in [0.2, 0.25) is 0 Å². The van der Waals surface area contributed by atoms with Crippen molar-refractivity contribution >= 4 is 40.5 Å². The van der Waals surface area contributed by atoms with Crippen LogP contribution in [0.25, 0.3) is 16.2 Å². The zero-order valence-electron chi connectivity index (χ0n) is 18.6. The third kappa shape index (κ3) is 4.66. The molecule has 0 aliphatic heterocycles. The first-order valence-corrected chi connectivity index (χ1v) is 11.7. The maximum atomic E-state index is 12.4. The first kappa shape index (κ1) is 24.2. The minimum Gasteiger partial charge on any atom is -0.504 e. The number of aromatic hydroxyl groups is 1. The molecule has 2 heterocycles. The summed E-state index contributed by atoms with van der Waals surface area (Å²) < 4.78 is 12.4. The molecule has 174 valence electrons. The smallest absolute Gasteiger partial charge is 0.350 e. The van der Waals surface area contributed by atoms with Gasteiger partial charge in [0.15, 0.2) is 16.5 Å². The SMILES string of the molecule is CCOC(=O)c1sc2nc(-c3ccc(OC)c(O)c3)c(NC3CCCCCC3)n2c1C.Cl. The Morgan fingerprint density at radius 1 is 1.28 bits per heavy atom. The lowest BCUT2D eigenvalue weighted by Crippen LogP contribution is -2.20. The number of esters is 1. The number of aryl methyl sites for hydroxylation is 1. The first-order chi connectivity index (χ1) is 15.0. The number of rotatable bonds is 6. The van der Waals surface area contributed by atoms with Crippen LogP contribution < -0.4 is 10.1 Å². The second-order valence-corrected chi connectivity index (χ2v) is 8.86. The molecule has 1 aromatic carbocycles. The van der Waals surface area contributed by atoms with Gasteiger partial charge in [-0.05, 0) is 44.9 Å². The van der Waals surface area contributed by atoms with E-state index in [0.29, 0.717) is 23.3 Å². The molecule has 2 aromatic heterocycles. The lowest BCUT2D eigenvalue weighted by atomic mass is 10.1. The molecule has 32 heavy (non-hydrogen) atoms. The first-order valence-electron chi connectivity index (χ1n) is 10.9. The molecule has 0 radical (unpaired) electrons. The molecule has 0 amide bonds. The highest BCUT2D eigenvalue weighted by Gasteiger charge is 2.25. The van der Waals surface area contributed by atoms with E-state index in [1.54, 1.807) is 19.1 Å². The number of phenolic OH excluding ortho intramolecular Hbond substituents is 1. The van der Waals surface area contributed by atoms with Crippen LogP contribution in [0.2, 0.25) is 0 Å². The summed E-state index contributed by atoms with van der Waals surface area (Å²) in [5, 5.41) is 14.0. The van der Waals surface area contributed by atoms with Crippen LogP contribution in [0.15, 0.2) is 18.2 Å². The van der Waals surface area contributed by atoms with E-state index in [2.05, 4.69) is 5.32 Å². The Balaban J connectivity index is 0.00000289. The summed E-state index contributed by atoms with van der Waals surface area (Å²) in [4.78, 5) is 18.6. The van der Waals surface area contributed by atoms with Gasteiger partial charge in [0.25, 0.3) is 0 Å². The second kappa shape index (κ2) is 10.4. The predicted octanol–water partition coefficient (Wildman–Crippen LogP) is 5.82. The van der Waals surface area contributed by atoms with Crippen LogP contribution in [0, 0.1) is 6.92 Å². The van der Waals surface area contributed by atoms with Gasteiger partial charge in [0.1, 0.15) is 16.4 Å². The Labute approximate surface area is 198 Å². The number of aromatic nitrogens is 2. The zero-order chi connectivity index (χ0) is 22.0. The number of imidazole rings is 1. The maximum Gasteiger partial charge on any atom is 0.350 e. The minimum absolute atomic E-state index is 0. The summed E-state index contributed by atoms with van der Waals surface area (Å²) in [6.07, 6.45) is 7.15. The Bertz CT molecular complexity index is 1090. The van der Waals surface area contributed by atoms with Gasteiger partial charge in [-0.3, -0.25) is 4.40 Å². The van der Waals surface area contributed by atoms with E-state index in [1.165, 1.54) is 44.1 Å². The van der Waals surface area contributed by atoms with Crippen LogP contribution in [0.1, 0.15) is 60.8 Å². The quantitative estimate of drug-likeness (QED) is 0.342. The van der Waals surface area contributed by atoms with E-state index < -0.39 is 0 Å². The molecule has 9 heteroatoms. The number of fused-ring (bicyclic) bond motifs is 1. The fourth-order valence-corrected chi connectivity index (χ4v) is 5.24. The van der Waals surface area contributed by atoms with Crippen molar-refractivity contribution in [3.8, 4) is 22.8 Å². The van der Waals surface area contributed by atoms with Crippen LogP contribution in [0.3, 0.4) is 0 Å². The van der Waals surface area contributed by atoms with Gasteiger partial charge in [0, 0.05) is 17.3 Å². The molecule has 7 nitrogen and oxygen atoms in total. The van der Waals surface area contributed by atoms with Crippen molar-refractivity contribution < 1.29 is 19.4 Å². The number of nitrogens with one attached hydrogen (secondary N) is 1. The minimum atomic E-state index is -0.320. The topological polar surface area (TPSA) is 85.1 Å². The van der Waals surface area contributed by atoms with E-state index in [-0.39, 0.29) is 24.1 Å². The standard InChI is InChI=1S/C23H29N3O4S.ClH/c1-4-30-22(28)20-14(2)26-21(24-16-9-7-5-6-8-10-16)19(25-23(26)31-20)15-11-12-18(29-3)17(27)13-15;/h11-13,16,24,27H,4-10H2,1-3H3;1H. The largest absolute Gasteiger partial charge is 0.504 e. The number of nitrogens with zero attached hydrogens (tertiary/aromatic N) is 2. The van der Waals surface area contributed by atoms with Crippen molar-refractivity contribution in [2.24, 2.45) is 0 Å². The third-order valence-corrected chi connectivity index (χ3v) is 6.94. The highest BCUT2D eigenvalue weighted by Crippen LogP contribution is 2.39. The normalized spacial score (nSPS) is 14.6. The van der Waals surface area contributed by atoms with E-state index in [4.69, 9.17) is 14.5 Å². The van der Waals surface area contributed by atoms with Gasteiger partial charge in [-0.15, -0.1) is 12.4 Å². The molecule has 1 saturated carbocycles. The van der Waals surface area contributed by atoms with Crippen molar-refractivity contribution in [3.63, 3.8) is 0 Å². The highest BCUT2D eigenvalue weighted by atomic mass is 35.5. The van der Waals surface area contributed by atoms with Crippen molar-refractivity contribution in [3.05, 3.63) is 28.8 Å². The van der Waals surface area contributed by atoms with Gasteiger partial charge in [0.05, 0.1) is 13.7 Å². The molecule has 1 fully saturated rings. The van der Waals surface area contributed by atoms with Crippen molar-refractivity contribution in [2.45, 2.75) is 58.4 Å². The van der Waals surface area contributed by atoms with Crippen molar-refractivity contribution in [2.75, 3.05) is 19.0 Å². The fourth-order valence-electron chi connectivity index (χ4n) is 4.22. The summed E-state index contributed by atoms with van der Waals surface area (Å²) in [6.45, 7) is 4.06. The average Bonchev–Trinajstić information content (AvgIpc) is 3.13. The number of hydrogen-bond donors (Lipinski definition) is 2. The average molecular weight is 480 g/mol. The van der Waals surface area contributed by atoms with Crippen LogP contribution in [0.4, 0.5) is 5.82 Å². The number of hydrogen-bond acceptors (Lipinski definition) is 7. The van der Waals surface area contributed by atoms with Crippen LogP contribution in [0.5, 0.6) is 11.5 Å². The number of anilines is 1. The monoisotopic (exact) mass is 479 g/mol. The summed E-state index contributed by atoms with van der Waals surface area (Å²) in [5.74, 6) is 1.03. The number of methoxy groups -OCH3 is 1. The Morgan fingerprint density at radius 2 is 2.00 bits per heavy atom. The summed E-state index contributed by atoms with van der Waals surface area (Å²) in [5.41, 5.74) is 2.36. The summed E-state index contributed by atoms with van der Waals surface area (Å²) in [6, 6.07) is 5.65. The molecule has 1 aliphatic carbocycles. The van der Waals surface area contributed by atoms with Gasteiger partial charge >= 0.3 is 5.97 Å². The zero-order valence-corrected chi connectivity index (χ0v) is 20.3. The maximum absolute atomic E-state index is 12.4. The lowest BCUT2D eigenvalue weighted by molar-refractivity contribution is 0.0531.